The van der Waals surface area contributed by atoms with Gasteiger partial charge in [-0.25, -0.2) is 4.39 Å². The number of benzene rings is 1. The number of rotatable bonds is 2. The monoisotopic (exact) mass is 236 g/mol. The number of hydrogen-bond donors (Lipinski definition) is 1. The maximum atomic E-state index is 13.5. The van der Waals surface area contributed by atoms with Gasteiger partial charge in [-0.15, -0.1) is 0 Å². The van der Waals surface area contributed by atoms with Crippen LogP contribution in [0.5, 0.6) is 0 Å². The van der Waals surface area contributed by atoms with E-state index in [1.165, 1.54) is 12.1 Å². The predicted molar refractivity (Wildman–Crippen MR) is 60.2 cm³/mol. The molecule has 0 aliphatic carbocycles. The molecule has 1 atom stereocenters. The van der Waals surface area contributed by atoms with E-state index in [1.807, 2.05) is 0 Å². The summed E-state index contributed by atoms with van der Waals surface area (Å²) < 4.78 is 13.5. The van der Waals surface area contributed by atoms with Crippen molar-refractivity contribution in [2.75, 3.05) is 5.73 Å². The van der Waals surface area contributed by atoms with Crippen molar-refractivity contribution in [2.45, 2.75) is 19.9 Å². The van der Waals surface area contributed by atoms with Gasteiger partial charge in [-0.1, -0.05) is 13.0 Å². The standard InChI is InChI=1S/C12H13FN2O2/c1-7-5-11(16)15(12(7)17)6-8-9(13)3-2-4-10(8)14/h2-4,7H,5-6,14H2,1H3. The zero-order valence-corrected chi connectivity index (χ0v) is 9.44. The summed E-state index contributed by atoms with van der Waals surface area (Å²) in [5, 5.41) is 0. The number of nitrogens with two attached hydrogens (primary N) is 1. The first-order valence-corrected chi connectivity index (χ1v) is 5.37. The van der Waals surface area contributed by atoms with Crippen LogP contribution in [0.2, 0.25) is 0 Å². The van der Waals surface area contributed by atoms with Crippen molar-refractivity contribution in [1.29, 1.82) is 0 Å². The minimum absolute atomic E-state index is 0.0828. The largest absolute Gasteiger partial charge is 0.398 e. The highest BCUT2D eigenvalue weighted by Crippen LogP contribution is 2.24. The number of halogens is 1. The molecule has 1 saturated heterocycles. The molecular formula is C12H13FN2O2. The number of carbonyl (C=O) groups is 2. The molecule has 1 unspecified atom stereocenters. The second-order valence-corrected chi connectivity index (χ2v) is 4.23. The molecule has 0 spiro atoms. The number of likely N-dealkylation sites (tertiary alicyclic amines) is 1. The van der Waals surface area contributed by atoms with E-state index in [0.29, 0.717) is 0 Å². The zero-order chi connectivity index (χ0) is 12.6. The van der Waals surface area contributed by atoms with Gasteiger partial charge >= 0.3 is 0 Å². The third kappa shape index (κ3) is 2.00. The number of carbonyl (C=O) groups excluding carboxylic acids is 2. The van der Waals surface area contributed by atoms with Gasteiger partial charge in [0.25, 0.3) is 0 Å². The first-order valence-electron chi connectivity index (χ1n) is 5.37. The second kappa shape index (κ2) is 4.16. The summed E-state index contributed by atoms with van der Waals surface area (Å²) in [4.78, 5) is 24.3. The number of anilines is 1. The van der Waals surface area contributed by atoms with Crippen LogP contribution in [0.1, 0.15) is 18.9 Å². The molecule has 2 amide bonds. The average Bonchev–Trinajstić information content (AvgIpc) is 2.49. The Bertz CT molecular complexity index is 467. The van der Waals surface area contributed by atoms with Crippen molar-refractivity contribution in [1.82, 2.24) is 4.90 Å². The van der Waals surface area contributed by atoms with Gasteiger partial charge in [-0.2, -0.15) is 0 Å². The highest BCUT2D eigenvalue weighted by molar-refractivity contribution is 6.03. The van der Waals surface area contributed by atoms with Crippen molar-refractivity contribution in [3.05, 3.63) is 29.6 Å². The lowest BCUT2D eigenvalue weighted by Crippen LogP contribution is -2.30. The van der Waals surface area contributed by atoms with Crippen LogP contribution in [-0.4, -0.2) is 16.7 Å². The van der Waals surface area contributed by atoms with Crippen molar-refractivity contribution in [3.8, 4) is 0 Å². The van der Waals surface area contributed by atoms with Crippen LogP contribution >= 0.6 is 0 Å². The molecule has 0 bridgehead atoms. The molecule has 0 aromatic heterocycles. The van der Waals surface area contributed by atoms with Crippen LogP contribution in [0, 0.1) is 11.7 Å². The number of nitrogen functional groups attached to an aromatic ring is 1. The van der Waals surface area contributed by atoms with Crippen molar-refractivity contribution in [3.63, 3.8) is 0 Å². The summed E-state index contributed by atoms with van der Waals surface area (Å²) in [6.45, 7) is 1.60. The van der Waals surface area contributed by atoms with Gasteiger partial charge in [0, 0.05) is 23.6 Å². The average molecular weight is 236 g/mol. The smallest absolute Gasteiger partial charge is 0.232 e. The Morgan fingerprint density at radius 2 is 2.18 bits per heavy atom. The summed E-state index contributed by atoms with van der Waals surface area (Å²) >= 11 is 0. The highest BCUT2D eigenvalue weighted by Gasteiger charge is 2.36. The van der Waals surface area contributed by atoms with E-state index in [9.17, 15) is 14.0 Å². The fourth-order valence-electron chi connectivity index (χ4n) is 1.91. The first kappa shape index (κ1) is 11.6. The van der Waals surface area contributed by atoms with E-state index < -0.39 is 5.82 Å². The van der Waals surface area contributed by atoms with Crippen molar-refractivity contribution < 1.29 is 14.0 Å². The van der Waals surface area contributed by atoms with Gasteiger partial charge in [-0.3, -0.25) is 14.5 Å². The van der Waals surface area contributed by atoms with Crippen LogP contribution in [0.15, 0.2) is 18.2 Å². The van der Waals surface area contributed by atoms with E-state index in [-0.39, 0.29) is 41.9 Å². The molecule has 2 rings (SSSR count). The van der Waals surface area contributed by atoms with Gasteiger partial charge in [0.05, 0.1) is 6.54 Å². The molecular weight excluding hydrogens is 223 g/mol. The van der Waals surface area contributed by atoms with E-state index in [0.717, 1.165) is 4.90 Å². The summed E-state index contributed by atoms with van der Waals surface area (Å²) in [5.41, 5.74) is 6.09. The van der Waals surface area contributed by atoms with Crippen LogP contribution in [0.3, 0.4) is 0 Å². The van der Waals surface area contributed by atoms with Gasteiger partial charge in [0.15, 0.2) is 0 Å². The molecule has 4 nitrogen and oxygen atoms in total. The van der Waals surface area contributed by atoms with E-state index in [4.69, 9.17) is 5.73 Å². The lowest BCUT2D eigenvalue weighted by atomic mass is 10.1. The number of hydrogen-bond acceptors (Lipinski definition) is 3. The molecule has 1 fully saturated rings. The molecule has 1 aromatic rings. The van der Waals surface area contributed by atoms with Crippen LogP contribution in [0.25, 0.3) is 0 Å². The normalized spacial score (nSPS) is 20.1. The van der Waals surface area contributed by atoms with Crippen LogP contribution < -0.4 is 5.73 Å². The molecule has 1 aliphatic rings. The van der Waals surface area contributed by atoms with Crippen LogP contribution in [-0.2, 0) is 16.1 Å². The molecule has 17 heavy (non-hydrogen) atoms. The van der Waals surface area contributed by atoms with Crippen molar-refractivity contribution >= 4 is 17.5 Å². The third-order valence-electron chi connectivity index (χ3n) is 2.94. The SMILES string of the molecule is CC1CC(=O)N(Cc2c(N)cccc2F)C1=O. The Hall–Kier alpha value is -1.91. The summed E-state index contributed by atoms with van der Waals surface area (Å²) in [7, 11) is 0. The maximum Gasteiger partial charge on any atom is 0.232 e. The lowest BCUT2D eigenvalue weighted by molar-refractivity contribution is -0.139. The van der Waals surface area contributed by atoms with E-state index >= 15 is 0 Å². The third-order valence-corrected chi connectivity index (χ3v) is 2.94. The Labute approximate surface area is 98.2 Å². The summed E-state index contributed by atoms with van der Waals surface area (Å²) in [6, 6.07) is 4.30. The second-order valence-electron chi connectivity index (χ2n) is 4.23. The minimum Gasteiger partial charge on any atom is -0.398 e. The topological polar surface area (TPSA) is 63.4 Å². The fraction of sp³-hybridized carbons (Fsp3) is 0.333. The Kier molecular flexibility index (Phi) is 2.83. The maximum absolute atomic E-state index is 13.5. The predicted octanol–water partition coefficient (Wildman–Crippen LogP) is 1.30. The molecule has 1 heterocycles. The first-order chi connectivity index (χ1) is 8.00. The molecule has 5 heteroatoms. The Morgan fingerprint density at radius 3 is 2.71 bits per heavy atom. The van der Waals surface area contributed by atoms with Gasteiger partial charge in [0.1, 0.15) is 5.82 Å². The van der Waals surface area contributed by atoms with E-state index in [1.54, 1.807) is 13.0 Å². The summed E-state index contributed by atoms with van der Waals surface area (Å²) in [5.74, 6) is -1.36. The number of nitrogens with zero attached hydrogens (tertiary/aromatic N) is 1. The molecule has 1 aromatic carbocycles. The number of imide groups is 1. The van der Waals surface area contributed by atoms with Gasteiger partial charge < -0.3 is 5.73 Å². The lowest BCUT2D eigenvalue weighted by Gasteiger charge is -2.16. The molecule has 2 N–H and O–H groups in total. The van der Waals surface area contributed by atoms with Gasteiger partial charge in [0.2, 0.25) is 11.8 Å². The zero-order valence-electron chi connectivity index (χ0n) is 9.44. The Balaban J connectivity index is 2.27. The molecule has 0 radical (unpaired) electrons. The number of amides is 2. The summed E-state index contributed by atoms with van der Waals surface area (Å²) in [6.07, 6.45) is 0.188. The van der Waals surface area contributed by atoms with E-state index in [2.05, 4.69) is 0 Å². The highest BCUT2D eigenvalue weighted by atomic mass is 19.1. The molecule has 90 valence electrons. The molecule has 0 saturated carbocycles. The van der Waals surface area contributed by atoms with Gasteiger partial charge in [-0.05, 0) is 12.1 Å². The quantitative estimate of drug-likeness (QED) is 0.622. The van der Waals surface area contributed by atoms with Crippen LogP contribution in [0.4, 0.5) is 10.1 Å². The fourth-order valence-corrected chi connectivity index (χ4v) is 1.91. The van der Waals surface area contributed by atoms with Crippen molar-refractivity contribution in [2.24, 2.45) is 5.92 Å². The minimum atomic E-state index is -0.495. The molecule has 1 aliphatic heterocycles. The Morgan fingerprint density at radius 1 is 1.47 bits per heavy atom.